The van der Waals surface area contributed by atoms with Gasteiger partial charge in [-0.3, -0.25) is 4.90 Å². The molecule has 1 aliphatic rings. The van der Waals surface area contributed by atoms with E-state index in [4.69, 9.17) is 4.74 Å². The van der Waals surface area contributed by atoms with Crippen molar-refractivity contribution in [3.63, 3.8) is 0 Å². The number of nitrogens with zero attached hydrogens (tertiary/aromatic N) is 1. The zero-order valence-electron chi connectivity index (χ0n) is 13.2. The Kier molecular flexibility index (Phi) is 5.63. The van der Waals surface area contributed by atoms with Crippen molar-refractivity contribution in [3.05, 3.63) is 0 Å². The summed E-state index contributed by atoms with van der Waals surface area (Å²) in [5.41, 5.74) is 0.361. The molecule has 18 heavy (non-hydrogen) atoms. The Balaban J connectivity index is 2.64. The Hall–Kier alpha value is -0.120. The molecule has 0 aromatic rings. The molecular weight excluding hydrogens is 224 g/mol. The van der Waals surface area contributed by atoms with Crippen molar-refractivity contribution in [3.8, 4) is 0 Å². The molecule has 1 saturated heterocycles. The van der Waals surface area contributed by atoms with E-state index >= 15 is 0 Å². The average molecular weight is 256 g/mol. The molecule has 0 bridgehead atoms. The molecule has 3 nitrogen and oxygen atoms in total. The summed E-state index contributed by atoms with van der Waals surface area (Å²) in [5, 5.41) is 3.66. The van der Waals surface area contributed by atoms with Gasteiger partial charge in [0.05, 0.1) is 13.2 Å². The van der Waals surface area contributed by atoms with E-state index in [0.29, 0.717) is 6.04 Å². The molecule has 1 rings (SSSR count). The highest BCUT2D eigenvalue weighted by molar-refractivity contribution is 4.90. The van der Waals surface area contributed by atoms with Crippen LogP contribution in [-0.4, -0.2) is 48.3 Å². The summed E-state index contributed by atoms with van der Waals surface area (Å²) >= 11 is 0. The van der Waals surface area contributed by atoms with Crippen LogP contribution in [0.5, 0.6) is 0 Å². The van der Waals surface area contributed by atoms with Gasteiger partial charge in [-0.25, -0.2) is 0 Å². The fourth-order valence-electron chi connectivity index (χ4n) is 2.67. The van der Waals surface area contributed by atoms with Crippen molar-refractivity contribution in [2.45, 2.75) is 71.5 Å². The topological polar surface area (TPSA) is 24.5 Å². The minimum Gasteiger partial charge on any atom is -0.378 e. The fourth-order valence-corrected chi connectivity index (χ4v) is 2.67. The van der Waals surface area contributed by atoms with E-state index in [-0.39, 0.29) is 11.1 Å². The number of morpholine rings is 1. The normalized spacial score (nSPS) is 23.0. The smallest absolute Gasteiger partial charge is 0.0645 e. The predicted octanol–water partition coefficient (Wildman–Crippen LogP) is 2.65. The lowest BCUT2D eigenvalue weighted by molar-refractivity contribution is -0.0737. The van der Waals surface area contributed by atoms with Crippen LogP contribution in [0.2, 0.25) is 0 Å². The van der Waals surface area contributed by atoms with Crippen molar-refractivity contribution in [2.75, 3.05) is 26.3 Å². The third-order valence-electron chi connectivity index (χ3n) is 3.64. The third kappa shape index (κ3) is 4.87. The van der Waals surface area contributed by atoms with Crippen LogP contribution in [0.1, 0.15) is 54.4 Å². The number of hydrogen-bond donors (Lipinski definition) is 1. The first-order valence-electron chi connectivity index (χ1n) is 7.36. The van der Waals surface area contributed by atoms with E-state index < -0.39 is 0 Å². The first kappa shape index (κ1) is 15.9. The van der Waals surface area contributed by atoms with Crippen LogP contribution in [0.3, 0.4) is 0 Å². The Morgan fingerprint density at radius 1 is 1.33 bits per heavy atom. The van der Waals surface area contributed by atoms with Gasteiger partial charge in [0.1, 0.15) is 0 Å². The standard InChI is InChI=1S/C15H32N2O/c1-7-8-13(11-16-14(2,3)4)17-9-10-18-12-15(17,5)6/h13,16H,7-12H2,1-6H3. The van der Waals surface area contributed by atoms with Gasteiger partial charge in [0.25, 0.3) is 0 Å². The van der Waals surface area contributed by atoms with Gasteiger partial charge in [0, 0.05) is 30.2 Å². The maximum absolute atomic E-state index is 5.63. The summed E-state index contributed by atoms with van der Waals surface area (Å²) < 4.78 is 5.63. The van der Waals surface area contributed by atoms with Gasteiger partial charge in [-0.05, 0) is 41.0 Å². The molecule has 108 valence electrons. The Bertz CT molecular complexity index is 245. The van der Waals surface area contributed by atoms with Crippen molar-refractivity contribution in [2.24, 2.45) is 0 Å². The molecular formula is C15H32N2O. The number of rotatable bonds is 5. The van der Waals surface area contributed by atoms with Gasteiger partial charge in [0.15, 0.2) is 0 Å². The highest BCUT2D eigenvalue weighted by Gasteiger charge is 2.35. The quantitative estimate of drug-likeness (QED) is 0.818. The van der Waals surface area contributed by atoms with Crippen LogP contribution >= 0.6 is 0 Å². The summed E-state index contributed by atoms with van der Waals surface area (Å²) in [7, 11) is 0. The Labute approximate surface area is 113 Å². The van der Waals surface area contributed by atoms with Gasteiger partial charge in [-0.2, -0.15) is 0 Å². The van der Waals surface area contributed by atoms with Crippen LogP contribution in [0.15, 0.2) is 0 Å². The van der Waals surface area contributed by atoms with E-state index in [1.807, 2.05) is 0 Å². The van der Waals surface area contributed by atoms with Crippen molar-refractivity contribution in [1.29, 1.82) is 0 Å². The lowest BCUT2D eigenvalue weighted by Gasteiger charge is -2.47. The van der Waals surface area contributed by atoms with E-state index in [1.54, 1.807) is 0 Å². The van der Waals surface area contributed by atoms with Crippen LogP contribution in [-0.2, 0) is 4.74 Å². The molecule has 0 radical (unpaired) electrons. The summed E-state index contributed by atoms with van der Waals surface area (Å²) in [6.07, 6.45) is 2.50. The van der Waals surface area contributed by atoms with Gasteiger partial charge < -0.3 is 10.1 Å². The van der Waals surface area contributed by atoms with Crippen molar-refractivity contribution < 1.29 is 4.74 Å². The van der Waals surface area contributed by atoms with E-state index in [9.17, 15) is 0 Å². The zero-order valence-corrected chi connectivity index (χ0v) is 13.2. The first-order valence-corrected chi connectivity index (χ1v) is 7.36. The molecule has 1 unspecified atom stereocenters. The van der Waals surface area contributed by atoms with E-state index in [0.717, 1.165) is 26.3 Å². The SMILES string of the molecule is CCCC(CNC(C)(C)C)N1CCOCC1(C)C. The van der Waals surface area contributed by atoms with Crippen molar-refractivity contribution >= 4 is 0 Å². The maximum atomic E-state index is 5.63. The minimum absolute atomic E-state index is 0.164. The van der Waals surface area contributed by atoms with Gasteiger partial charge in [0.2, 0.25) is 0 Å². The molecule has 1 N–H and O–H groups in total. The highest BCUT2D eigenvalue weighted by Crippen LogP contribution is 2.24. The molecule has 1 aliphatic heterocycles. The third-order valence-corrected chi connectivity index (χ3v) is 3.64. The van der Waals surface area contributed by atoms with E-state index in [2.05, 4.69) is 51.8 Å². The Morgan fingerprint density at radius 3 is 2.50 bits per heavy atom. The molecule has 3 heteroatoms. The van der Waals surface area contributed by atoms with Crippen LogP contribution in [0.4, 0.5) is 0 Å². The van der Waals surface area contributed by atoms with Crippen LogP contribution < -0.4 is 5.32 Å². The molecule has 0 amide bonds. The molecule has 1 heterocycles. The second-order valence-electron chi connectivity index (χ2n) is 7.13. The maximum Gasteiger partial charge on any atom is 0.0645 e. The second kappa shape index (κ2) is 6.36. The minimum atomic E-state index is 0.164. The molecule has 1 fully saturated rings. The lowest BCUT2D eigenvalue weighted by atomic mass is 9.96. The van der Waals surface area contributed by atoms with E-state index in [1.165, 1.54) is 12.8 Å². The van der Waals surface area contributed by atoms with Gasteiger partial charge in [-0.15, -0.1) is 0 Å². The molecule has 0 aliphatic carbocycles. The first-order chi connectivity index (χ1) is 8.26. The monoisotopic (exact) mass is 256 g/mol. The number of nitrogens with one attached hydrogen (secondary N) is 1. The summed E-state index contributed by atoms with van der Waals surface area (Å²) in [6, 6.07) is 0.619. The Morgan fingerprint density at radius 2 is 2.00 bits per heavy atom. The summed E-state index contributed by atoms with van der Waals surface area (Å²) in [4.78, 5) is 2.64. The van der Waals surface area contributed by atoms with Crippen LogP contribution in [0.25, 0.3) is 0 Å². The lowest BCUT2D eigenvalue weighted by Crippen LogP contribution is -2.60. The molecule has 1 atom stereocenters. The second-order valence-corrected chi connectivity index (χ2v) is 7.13. The molecule has 0 aromatic carbocycles. The molecule has 0 spiro atoms. The molecule has 0 saturated carbocycles. The van der Waals surface area contributed by atoms with Gasteiger partial charge >= 0.3 is 0 Å². The largest absolute Gasteiger partial charge is 0.378 e. The van der Waals surface area contributed by atoms with Crippen LogP contribution in [0, 0.1) is 0 Å². The zero-order chi connectivity index (χ0) is 13.8. The highest BCUT2D eigenvalue weighted by atomic mass is 16.5. The average Bonchev–Trinajstić information content (AvgIpc) is 2.23. The summed E-state index contributed by atoms with van der Waals surface area (Å²) in [5.74, 6) is 0. The number of ether oxygens (including phenoxy) is 1. The number of hydrogen-bond acceptors (Lipinski definition) is 3. The van der Waals surface area contributed by atoms with Gasteiger partial charge in [-0.1, -0.05) is 13.3 Å². The fraction of sp³-hybridized carbons (Fsp3) is 1.00. The molecule has 0 aromatic heterocycles. The summed E-state index contributed by atoms with van der Waals surface area (Å²) in [6.45, 7) is 17.4. The van der Waals surface area contributed by atoms with Crippen molar-refractivity contribution in [1.82, 2.24) is 10.2 Å². The predicted molar refractivity (Wildman–Crippen MR) is 78.1 cm³/mol.